The SMILES string of the molecule is Cc1nc(-c2ccc3ccnc(NCCN4CCc5nc(C)c(C(=O)O)cc5C4=O)c3c2)no1. The first-order valence-corrected chi connectivity index (χ1v) is 10.9. The van der Waals surface area contributed by atoms with Gasteiger partial charge in [-0.25, -0.2) is 9.78 Å². The zero-order valence-electron chi connectivity index (χ0n) is 18.7. The number of carbonyl (C=O) groups is 2. The van der Waals surface area contributed by atoms with E-state index in [4.69, 9.17) is 4.52 Å². The maximum Gasteiger partial charge on any atom is 0.337 e. The van der Waals surface area contributed by atoms with Crippen LogP contribution in [0, 0.1) is 13.8 Å². The number of fused-ring (bicyclic) bond motifs is 2. The summed E-state index contributed by atoms with van der Waals surface area (Å²) in [6, 6.07) is 9.23. The molecule has 4 heterocycles. The Kier molecular flexibility index (Phi) is 5.40. The molecule has 5 rings (SSSR count). The molecule has 2 N–H and O–H groups in total. The Morgan fingerprint density at radius 1 is 1.21 bits per heavy atom. The van der Waals surface area contributed by atoms with Crippen molar-refractivity contribution in [3.63, 3.8) is 0 Å². The molecule has 3 aromatic heterocycles. The molecule has 0 unspecified atom stereocenters. The van der Waals surface area contributed by atoms with Crippen molar-refractivity contribution in [3.05, 3.63) is 64.9 Å². The van der Waals surface area contributed by atoms with Gasteiger partial charge in [-0.1, -0.05) is 17.3 Å². The fourth-order valence-electron chi connectivity index (χ4n) is 4.15. The molecule has 4 aromatic rings. The highest BCUT2D eigenvalue weighted by molar-refractivity contribution is 5.99. The van der Waals surface area contributed by atoms with Gasteiger partial charge in [0.15, 0.2) is 0 Å². The number of aromatic carboxylic acids is 1. The third-order valence-electron chi connectivity index (χ3n) is 5.88. The lowest BCUT2D eigenvalue weighted by Gasteiger charge is -2.28. The van der Waals surface area contributed by atoms with E-state index in [1.807, 2.05) is 24.3 Å². The molecule has 172 valence electrons. The molecular formula is C24H22N6O4. The molecule has 34 heavy (non-hydrogen) atoms. The number of hydrogen-bond donors (Lipinski definition) is 2. The average Bonchev–Trinajstić information content (AvgIpc) is 3.26. The molecule has 1 aliphatic rings. The topological polar surface area (TPSA) is 134 Å². The van der Waals surface area contributed by atoms with Gasteiger partial charge in [-0.05, 0) is 30.5 Å². The van der Waals surface area contributed by atoms with E-state index in [0.717, 1.165) is 16.3 Å². The summed E-state index contributed by atoms with van der Waals surface area (Å²) in [6.45, 7) is 4.83. The Balaban J connectivity index is 1.32. The van der Waals surface area contributed by atoms with Crippen LogP contribution in [0.3, 0.4) is 0 Å². The summed E-state index contributed by atoms with van der Waals surface area (Å²) in [7, 11) is 0. The highest BCUT2D eigenvalue weighted by atomic mass is 16.5. The number of benzene rings is 1. The molecule has 10 heteroatoms. The Hall–Kier alpha value is -4.34. The Morgan fingerprint density at radius 3 is 2.82 bits per heavy atom. The maximum absolute atomic E-state index is 13.0. The normalized spacial score (nSPS) is 13.2. The number of carbonyl (C=O) groups excluding carboxylic acids is 1. The third-order valence-corrected chi connectivity index (χ3v) is 5.88. The fourth-order valence-corrected chi connectivity index (χ4v) is 4.15. The molecule has 0 atom stereocenters. The van der Waals surface area contributed by atoms with Crippen LogP contribution in [0.25, 0.3) is 22.2 Å². The number of pyridine rings is 2. The third kappa shape index (κ3) is 3.94. The largest absolute Gasteiger partial charge is 0.478 e. The number of carboxylic acid groups (broad SMARTS) is 1. The zero-order valence-corrected chi connectivity index (χ0v) is 18.7. The first kappa shape index (κ1) is 21.5. The van der Waals surface area contributed by atoms with Crippen LogP contribution in [0.5, 0.6) is 0 Å². The van der Waals surface area contributed by atoms with E-state index >= 15 is 0 Å². The lowest BCUT2D eigenvalue weighted by molar-refractivity contribution is 0.0695. The van der Waals surface area contributed by atoms with Crippen LogP contribution in [0.4, 0.5) is 5.82 Å². The van der Waals surface area contributed by atoms with Crippen molar-refractivity contribution >= 4 is 28.5 Å². The smallest absolute Gasteiger partial charge is 0.337 e. The Labute approximate surface area is 194 Å². The lowest BCUT2D eigenvalue weighted by Crippen LogP contribution is -2.41. The van der Waals surface area contributed by atoms with Crippen LogP contribution in [0.2, 0.25) is 0 Å². The monoisotopic (exact) mass is 458 g/mol. The number of carboxylic acids is 1. The summed E-state index contributed by atoms with van der Waals surface area (Å²) in [5.74, 6) is 0.398. The molecule has 0 fully saturated rings. The van der Waals surface area contributed by atoms with E-state index in [-0.39, 0.29) is 11.5 Å². The van der Waals surface area contributed by atoms with Gasteiger partial charge in [-0.2, -0.15) is 4.98 Å². The molecule has 1 aliphatic heterocycles. The second-order valence-corrected chi connectivity index (χ2v) is 8.12. The number of amides is 1. The zero-order chi connectivity index (χ0) is 23.8. The van der Waals surface area contributed by atoms with Crippen LogP contribution in [0.15, 0.2) is 41.1 Å². The van der Waals surface area contributed by atoms with Crippen molar-refractivity contribution in [2.24, 2.45) is 0 Å². The number of nitrogens with one attached hydrogen (secondary N) is 1. The average molecular weight is 458 g/mol. The van der Waals surface area contributed by atoms with E-state index in [1.54, 1.807) is 24.9 Å². The molecule has 0 spiro atoms. The Bertz CT molecular complexity index is 1430. The number of anilines is 1. The number of hydrogen-bond acceptors (Lipinski definition) is 8. The van der Waals surface area contributed by atoms with Gasteiger partial charge >= 0.3 is 5.97 Å². The minimum atomic E-state index is -1.09. The van der Waals surface area contributed by atoms with Gasteiger partial charge < -0.3 is 19.8 Å². The van der Waals surface area contributed by atoms with Crippen molar-refractivity contribution in [2.75, 3.05) is 25.0 Å². The van der Waals surface area contributed by atoms with Crippen LogP contribution in [-0.2, 0) is 6.42 Å². The van der Waals surface area contributed by atoms with E-state index < -0.39 is 5.97 Å². The van der Waals surface area contributed by atoms with Crippen LogP contribution < -0.4 is 5.32 Å². The molecule has 1 aromatic carbocycles. The van der Waals surface area contributed by atoms with E-state index in [1.165, 1.54) is 6.07 Å². The van der Waals surface area contributed by atoms with Crippen molar-refractivity contribution in [1.82, 2.24) is 25.0 Å². The number of nitrogens with zero attached hydrogens (tertiary/aromatic N) is 5. The predicted molar refractivity (Wildman–Crippen MR) is 124 cm³/mol. The van der Waals surface area contributed by atoms with Crippen molar-refractivity contribution in [2.45, 2.75) is 20.3 Å². The second-order valence-electron chi connectivity index (χ2n) is 8.12. The van der Waals surface area contributed by atoms with Crippen LogP contribution >= 0.6 is 0 Å². The fraction of sp³-hybridized carbons (Fsp3) is 0.250. The van der Waals surface area contributed by atoms with E-state index in [2.05, 4.69) is 25.4 Å². The van der Waals surface area contributed by atoms with Crippen LogP contribution in [0.1, 0.15) is 38.0 Å². The van der Waals surface area contributed by atoms with Gasteiger partial charge in [0, 0.05) is 50.1 Å². The molecule has 0 saturated heterocycles. The van der Waals surface area contributed by atoms with Gasteiger partial charge in [0.05, 0.1) is 22.5 Å². The van der Waals surface area contributed by atoms with Gasteiger partial charge in [0.1, 0.15) is 5.82 Å². The van der Waals surface area contributed by atoms with Gasteiger partial charge in [0.2, 0.25) is 11.7 Å². The molecule has 10 nitrogen and oxygen atoms in total. The Morgan fingerprint density at radius 2 is 2.06 bits per heavy atom. The minimum Gasteiger partial charge on any atom is -0.478 e. The summed E-state index contributed by atoms with van der Waals surface area (Å²) in [4.78, 5) is 39.2. The highest BCUT2D eigenvalue weighted by Gasteiger charge is 2.27. The molecule has 0 bridgehead atoms. The first-order chi connectivity index (χ1) is 16.4. The minimum absolute atomic E-state index is 0.0552. The molecule has 0 aliphatic carbocycles. The van der Waals surface area contributed by atoms with Crippen molar-refractivity contribution in [3.8, 4) is 11.4 Å². The lowest BCUT2D eigenvalue weighted by atomic mass is 10.0. The number of aromatic nitrogens is 4. The van der Waals surface area contributed by atoms with Gasteiger partial charge in [-0.15, -0.1) is 0 Å². The summed E-state index contributed by atoms with van der Waals surface area (Å²) < 4.78 is 5.09. The van der Waals surface area contributed by atoms with Crippen molar-refractivity contribution < 1.29 is 19.2 Å². The van der Waals surface area contributed by atoms with Gasteiger partial charge in [-0.3, -0.25) is 9.78 Å². The summed E-state index contributed by atoms with van der Waals surface area (Å²) >= 11 is 0. The van der Waals surface area contributed by atoms with Crippen LogP contribution in [-0.4, -0.2) is 61.6 Å². The number of rotatable bonds is 6. The van der Waals surface area contributed by atoms with E-state index in [0.29, 0.717) is 60.5 Å². The van der Waals surface area contributed by atoms with Crippen molar-refractivity contribution in [1.29, 1.82) is 0 Å². The highest BCUT2D eigenvalue weighted by Crippen LogP contribution is 2.27. The summed E-state index contributed by atoms with van der Waals surface area (Å²) in [5.41, 5.74) is 2.31. The summed E-state index contributed by atoms with van der Waals surface area (Å²) in [5, 5.41) is 18.6. The predicted octanol–water partition coefficient (Wildman–Crippen LogP) is 3.11. The first-order valence-electron chi connectivity index (χ1n) is 10.9. The molecular weight excluding hydrogens is 436 g/mol. The quantitative estimate of drug-likeness (QED) is 0.447. The summed E-state index contributed by atoms with van der Waals surface area (Å²) in [6.07, 6.45) is 2.31. The molecule has 0 saturated carbocycles. The van der Waals surface area contributed by atoms with Gasteiger partial charge in [0.25, 0.3) is 5.91 Å². The number of aryl methyl sites for hydroxylation is 2. The molecule has 1 amide bonds. The second kappa shape index (κ2) is 8.54. The van der Waals surface area contributed by atoms with E-state index in [9.17, 15) is 14.7 Å². The maximum atomic E-state index is 13.0. The molecule has 0 radical (unpaired) electrons. The standard InChI is InChI=1S/C24H22N6O4/c1-13-17(24(32)33)12-19-20(27-13)6-9-30(23(19)31)10-8-26-22-18-11-16(21-28-14(2)34-29-21)4-3-15(18)5-7-25-22/h3-5,7,11-12H,6,8-10H2,1-2H3,(H,25,26)(H,32,33).